The molecular formula is C13H17NOS2. The first kappa shape index (κ1) is 12.8. The average Bonchev–Trinajstić information content (AvgIpc) is 2.38. The van der Waals surface area contributed by atoms with Gasteiger partial charge >= 0.3 is 0 Å². The van der Waals surface area contributed by atoms with Gasteiger partial charge in [-0.3, -0.25) is 4.79 Å². The molecule has 2 rings (SSSR count). The second-order valence-corrected chi connectivity index (χ2v) is 6.11. The Kier molecular flexibility index (Phi) is 4.80. The maximum Gasteiger partial charge on any atom is 0.252 e. The molecule has 0 radical (unpaired) electrons. The summed E-state index contributed by atoms with van der Waals surface area (Å²) in [5, 5.41) is 3.58. The molecule has 1 atom stereocenters. The van der Waals surface area contributed by atoms with E-state index in [0.29, 0.717) is 10.8 Å². The Morgan fingerprint density at radius 1 is 1.41 bits per heavy atom. The number of hydrogen-bond acceptors (Lipinski definition) is 3. The Balaban J connectivity index is 1.87. The molecule has 0 aliphatic carbocycles. The van der Waals surface area contributed by atoms with Crippen LogP contribution in [0.25, 0.3) is 0 Å². The van der Waals surface area contributed by atoms with Crippen LogP contribution >= 0.6 is 24.4 Å². The highest BCUT2D eigenvalue weighted by atomic mass is 32.2. The van der Waals surface area contributed by atoms with Crippen LogP contribution in [0.4, 0.5) is 0 Å². The summed E-state index contributed by atoms with van der Waals surface area (Å²) in [7, 11) is 0. The van der Waals surface area contributed by atoms with Crippen LogP contribution in [0, 0.1) is 0 Å². The Labute approximate surface area is 112 Å². The Hall–Kier alpha value is -0.610. The lowest BCUT2D eigenvalue weighted by Crippen LogP contribution is -2.32. The van der Waals surface area contributed by atoms with Crippen molar-refractivity contribution in [2.24, 2.45) is 0 Å². The largest absolute Gasteiger partial charge is 0.351 e. The van der Waals surface area contributed by atoms with Crippen molar-refractivity contribution in [3.63, 3.8) is 0 Å². The second kappa shape index (κ2) is 6.36. The van der Waals surface area contributed by atoms with Crippen LogP contribution in [-0.4, -0.2) is 23.5 Å². The third-order valence-corrected chi connectivity index (χ3v) is 4.70. The smallest absolute Gasteiger partial charge is 0.252 e. The summed E-state index contributed by atoms with van der Waals surface area (Å²) in [6, 6.07) is 7.40. The number of amides is 1. The SMILES string of the molecule is O=C(NCC1CCCCS1)c1ccccc1S. The minimum Gasteiger partial charge on any atom is -0.351 e. The number of nitrogens with one attached hydrogen (secondary N) is 1. The monoisotopic (exact) mass is 267 g/mol. The van der Waals surface area contributed by atoms with Crippen molar-refractivity contribution in [3.05, 3.63) is 29.8 Å². The topological polar surface area (TPSA) is 29.1 Å². The van der Waals surface area contributed by atoms with Gasteiger partial charge in [0.1, 0.15) is 0 Å². The van der Waals surface area contributed by atoms with Gasteiger partial charge in [-0.15, -0.1) is 12.6 Å². The number of rotatable bonds is 3. The van der Waals surface area contributed by atoms with E-state index in [0.717, 1.165) is 11.4 Å². The first-order valence-electron chi connectivity index (χ1n) is 5.95. The Morgan fingerprint density at radius 3 is 2.94 bits per heavy atom. The van der Waals surface area contributed by atoms with Crippen LogP contribution in [0.15, 0.2) is 29.2 Å². The van der Waals surface area contributed by atoms with E-state index in [4.69, 9.17) is 0 Å². The van der Waals surface area contributed by atoms with Crippen molar-refractivity contribution in [2.75, 3.05) is 12.3 Å². The molecule has 17 heavy (non-hydrogen) atoms. The summed E-state index contributed by atoms with van der Waals surface area (Å²) in [6.07, 6.45) is 3.82. The van der Waals surface area contributed by atoms with Crippen LogP contribution in [0.2, 0.25) is 0 Å². The van der Waals surface area contributed by atoms with Crippen molar-refractivity contribution in [3.8, 4) is 0 Å². The maximum atomic E-state index is 11.9. The molecule has 1 saturated heterocycles. The Morgan fingerprint density at radius 2 is 2.24 bits per heavy atom. The van der Waals surface area contributed by atoms with Gasteiger partial charge in [0, 0.05) is 16.7 Å². The molecular weight excluding hydrogens is 250 g/mol. The molecule has 0 aromatic heterocycles. The van der Waals surface area contributed by atoms with E-state index in [9.17, 15) is 4.79 Å². The van der Waals surface area contributed by atoms with E-state index in [2.05, 4.69) is 17.9 Å². The lowest BCUT2D eigenvalue weighted by molar-refractivity contribution is 0.0950. The highest BCUT2D eigenvalue weighted by molar-refractivity contribution is 7.99. The predicted octanol–water partition coefficient (Wildman–Crippen LogP) is 2.99. The molecule has 1 aromatic rings. The molecule has 1 heterocycles. The molecule has 1 fully saturated rings. The molecule has 92 valence electrons. The third-order valence-electron chi connectivity index (χ3n) is 2.91. The van der Waals surface area contributed by atoms with Crippen molar-refractivity contribution in [1.82, 2.24) is 5.32 Å². The first-order valence-corrected chi connectivity index (χ1v) is 7.45. The van der Waals surface area contributed by atoms with Gasteiger partial charge in [0.05, 0.1) is 5.56 Å². The molecule has 1 aliphatic heterocycles. The quantitative estimate of drug-likeness (QED) is 0.824. The summed E-state index contributed by atoms with van der Waals surface area (Å²) in [6.45, 7) is 0.769. The van der Waals surface area contributed by atoms with Gasteiger partial charge in [-0.2, -0.15) is 11.8 Å². The minimum absolute atomic E-state index is 0.0122. The van der Waals surface area contributed by atoms with Crippen molar-refractivity contribution >= 4 is 30.3 Å². The van der Waals surface area contributed by atoms with Crippen molar-refractivity contribution in [1.29, 1.82) is 0 Å². The fourth-order valence-electron chi connectivity index (χ4n) is 1.94. The number of benzene rings is 1. The van der Waals surface area contributed by atoms with E-state index in [1.807, 2.05) is 36.0 Å². The van der Waals surface area contributed by atoms with Crippen LogP contribution < -0.4 is 5.32 Å². The fraction of sp³-hybridized carbons (Fsp3) is 0.462. The first-order chi connectivity index (χ1) is 8.27. The standard InChI is InChI=1S/C13H17NOS2/c15-13(11-6-1-2-7-12(11)16)14-9-10-5-3-4-8-17-10/h1-2,6-7,10,16H,3-5,8-9H2,(H,14,15). The zero-order valence-electron chi connectivity index (χ0n) is 9.69. The summed E-state index contributed by atoms with van der Waals surface area (Å²) in [4.78, 5) is 12.7. The lowest BCUT2D eigenvalue weighted by Gasteiger charge is -2.21. The molecule has 2 nitrogen and oxygen atoms in total. The van der Waals surface area contributed by atoms with Crippen LogP contribution in [0.1, 0.15) is 29.6 Å². The minimum atomic E-state index is -0.0122. The molecule has 4 heteroatoms. The van der Waals surface area contributed by atoms with E-state index in [1.54, 1.807) is 0 Å². The Bertz CT molecular complexity index is 389. The van der Waals surface area contributed by atoms with E-state index in [1.165, 1.54) is 25.0 Å². The van der Waals surface area contributed by atoms with Gasteiger partial charge in [-0.25, -0.2) is 0 Å². The summed E-state index contributed by atoms with van der Waals surface area (Å²) < 4.78 is 0. The normalized spacial score (nSPS) is 19.9. The van der Waals surface area contributed by atoms with E-state index in [-0.39, 0.29) is 5.91 Å². The van der Waals surface area contributed by atoms with Gasteiger partial charge < -0.3 is 5.32 Å². The second-order valence-electron chi connectivity index (χ2n) is 4.22. The van der Waals surface area contributed by atoms with E-state index >= 15 is 0 Å². The number of hydrogen-bond donors (Lipinski definition) is 2. The van der Waals surface area contributed by atoms with Crippen LogP contribution in [0.3, 0.4) is 0 Å². The van der Waals surface area contributed by atoms with Crippen molar-refractivity contribution in [2.45, 2.75) is 29.4 Å². The molecule has 0 bridgehead atoms. The molecule has 0 spiro atoms. The lowest BCUT2D eigenvalue weighted by atomic mass is 10.1. The van der Waals surface area contributed by atoms with E-state index < -0.39 is 0 Å². The molecule has 1 amide bonds. The van der Waals surface area contributed by atoms with Gasteiger partial charge in [0.2, 0.25) is 0 Å². The molecule has 1 N–H and O–H groups in total. The zero-order valence-corrected chi connectivity index (χ0v) is 11.4. The maximum absolute atomic E-state index is 11.9. The summed E-state index contributed by atoms with van der Waals surface area (Å²) >= 11 is 6.26. The summed E-state index contributed by atoms with van der Waals surface area (Å²) in [5.74, 6) is 1.21. The molecule has 0 saturated carbocycles. The molecule has 1 aliphatic rings. The van der Waals surface area contributed by atoms with Crippen molar-refractivity contribution < 1.29 is 4.79 Å². The fourth-order valence-corrected chi connectivity index (χ4v) is 3.44. The number of thiol groups is 1. The highest BCUT2D eigenvalue weighted by Crippen LogP contribution is 2.24. The molecule has 1 aromatic carbocycles. The van der Waals surface area contributed by atoms with Gasteiger partial charge in [-0.05, 0) is 30.7 Å². The van der Waals surface area contributed by atoms with Crippen LogP contribution in [0.5, 0.6) is 0 Å². The predicted molar refractivity (Wildman–Crippen MR) is 76.1 cm³/mol. The van der Waals surface area contributed by atoms with Crippen LogP contribution in [-0.2, 0) is 0 Å². The van der Waals surface area contributed by atoms with Gasteiger partial charge in [0.25, 0.3) is 5.91 Å². The number of carbonyl (C=O) groups excluding carboxylic acids is 1. The average molecular weight is 267 g/mol. The number of thioether (sulfide) groups is 1. The number of carbonyl (C=O) groups is 1. The third kappa shape index (κ3) is 3.68. The highest BCUT2D eigenvalue weighted by Gasteiger charge is 2.15. The van der Waals surface area contributed by atoms with Gasteiger partial charge in [0.15, 0.2) is 0 Å². The zero-order chi connectivity index (χ0) is 12.1. The summed E-state index contributed by atoms with van der Waals surface area (Å²) in [5.41, 5.74) is 0.664. The molecule has 1 unspecified atom stereocenters. The van der Waals surface area contributed by atoms with Gasteiger partial charge in [-0.1, -0.05) is 18.6 Å².